The SMILES string of the molecule is Cn1ccc(CC(CC2CCCCC2)NN)n1. The quantitative estimate of drug-likeness (QED) is 0.605. The largest absolute Gasteiger partial charge is 0.276 e. The first kappa shape index (κ1) is 12.6. The number of nitrogens with two attached hydrogens (primary N) is 1. The number of nitrogens with one attached hydrogen (secondary N) is 1. The highest BCUT2D eigenvalue weighted by Crippen LogP contribution is 2.27. The van der Waals surface area contributed by atoms with Crippen LogP contribution in [0, 0.1) is 5.92 Å². The molecule has 96 valence electrons. The minimum atomic E-state index is 0.369. The van der Waals surface area contributed by atoms with Gasteiger partial charge in [-0.25, -0.2) is 0 Å². The van der Waals surface area contributed by atoms with Crippen LogP contribution < -0.4 is 11.3 Å². The van der Waals surface area contributed by atoms with Gasteiger partial charge >= 0.3 is 0 Å². The lowest BCUT2D eigenvalue weighted by atomic mass is 9.84. The number of nitrogens with zero attached hydrogens (tertiary/aromatic N) is 2. The molecule has 3 N–H and O–H groups in total. The van der Waals surface area contributed by atoms with Gasteiger partial charge in [0.05, 0.1) is 5.69 Å². The van der Waals surface area contributed by atoms with Crippen LogP contribution in [0.15, 0.2) is 12.3 Å². The van der Waals surface area contributed by atoms with Crippen molar-refractivity contribution >= 4 is 0 Å². The molecule has 1 aromatic rings. The topological polar surface area (TPSA) is 55.9 Å². The van der Waals surface area contributed by atoms with E-state index in [1.807, 2.05) is 17.9 Å². The Morgan fingerprint density at radius 1 is 1.47 bits per heavy atom. The van der Waals surface area contributed by atoms with E-state index < -0.39 is 0 Å². The van der Waals surface area contributed by atoms with Crippen LogP contribution in [0.2, 0.25) is 0 Å². The van der Waals surface area contributed by atoms with Gasteiger partial charge in [0.2, 0.25) is 0 Å². The molecule has 0 aromatic carbocycles. The van der Waals surface area contributed by atoms with E-state index in [9.17, 15) is 0 Å². The van der Waals surface area contributed by atoms with Crippen molar-refractivity contribution in [2.45, 2.75) is 51.0 Å². The molecule has 0 bridgehead atoms. The first-order valence-electron chi connectivity index (χ1n) is 6.72. The third-order valence-electron chi connectivity index (χ3n) is 3.80. The van der Waals surface area contributed by atoms with E-state index in [2.05, 4.69) is 16.6 Å². The number of hydrazine groups is 1. The fraction of sp³-hybridized carbons (Fsp3) is 0.769. The van der Waals surface area contributed by atoms with E-state index in [-0.39, 0.29) is 0 Å². The summed E-state index contributed by atoms with van der Waals surface area (Å²) >= 11 is 0. The van der Waals surface area contributed by atoms with Crippen LogP contribution in [0.1, 0.15) is 44.2 Å². The molecule has 0 spiro atoms. The van der Waals surface area contributed by atoms with Crippen LogP contribution in [0.25, 0.3) is 0 Å². The van der Waals surface area contributed by atoms with Gasteiger partial charge in [0, 0.05) is 25.7 Å². The summed E-state index contributed by atoms with van der Waals surface area (Å²) in [4.78, 5) is 0. The lowest BCUT2D eigenvalue weighted by molar-refractivity contribution is 0.297. The van der Waals surface area contributed by atoms with Crippen molar-refractivity contribution in [3.63, 3.8) is 0 Å². The molecular weight excluding hydrogens is 212 g/mol. The van der Waals surface area contributed by atoms with Gasteiger partial charge in [-0.1, -0.05) is 32.1 Å². The second-order valence-electron chi connectivity index (χ2n) is 5.29. The smallest absolute Gasteiger partial charge is 0.0640 e. The Morgan fingerprint density at radius 3 is 2.82 bits per heavy atom. The molecule has 1 unspecified atom stereocenters. The van der Waals surface area contributed by atoms with Crippen molar-refractivity contribution in [1.82, 2.24) is 15.2 Å². The Hall–Kier alpha value is -0.870. The lowest BCUT2D eigenvalue weighted by Gasteiger charge is -2.25. The first-order chi connectivity index (χ1) is 8.28. The van der Waals surface area contributed by atoms with Crippen molar-refractivity contribution in [3.8, 4) is 0 Å². The second-order valence-corrected chi connectivity index (χ2v) is 5.29. The van der Waals surface area contributed by atoms with Crippen molar-refractivity contribution in [2.24, 2.45) is 18.8 Å². The summed E-state index contributed by atoms with van der Waals surface area (Å²) in [5.41, 5.74) is 4.09. The van der Waals surface area contributed by atoms with Crippen LogP contribution in [-0.2, 0) is 13.5 Å². The third-order valence-corrected chi connectivity index (χ3v) is 3.80. The number of aromatic nitrogens is 2. The number of hydrogen-bond acceptors (Lipinski definition) is 3. The number of hydrogen-bond donors (Lipinski definition) is 2. The average molecular weight is 236 g/mol. The van der Waals surface area contributed by atoms with Gasteiger partial charge in [-0.2, -0.15) is 5.10 Å². The molecule has 1 aliphatic carbocycles. The Kier molecular flexibility index (Phi) is 4.57. The molecule has 1 heterocycles. The fourth-order valence-electron chi connectivity index (χ4n) is 2.86. The molecule has 1 fully saturated rings. The third kappa shape index (κ3) is 3.82. The summed E-state index contributed by atoms with van der Waals surface area (Å²) in [6.45, 7) is 0. The highest BCUT2D eigenvalue weighted by Gasteiger charge is 2.19. The van der Waals surface area contributed by atoms with Gasteiger partial charge in [0.1, 0.15) is 0 Å². The van der Waals surface area contributed by atoms with Gasteiger partial charge in [0.25, 0.3) is 0 Å². The average Bonchev–Trinajstić information content (AvgIpc) is 2.75. The lowest BCUT2D eigenvalue weighted by Crippen LogP contribution is -2.38. The maximum absolute atomic E-state index is 5.66. The Balaban J connectivity index is 1.83. The monoisotopic (exact) mass is 236 g/mol. The zero-order valence-corrected chi connectivity index (χ0v) is 10.7. The van der Waals surface area contributed by atoms with Crippen LogP contribution in [-0.4, -0.2) is 15.8 Å². The normalized spacial score (nSPS) is 19.4. The highest BCUT2D eigenvalue weighted by molar-refractivity contribution is 5.01. The number of rotatable bonds is 5. The first-order valence-corrected chi connectivity index (χ1v) is 6.72. The molecule has 0 radical (unpaired) electrons. The molecule has 2 rings (SSSR count). The van der Waals surface area contributed by atoms with E-state index in [1.54, 1.807) is 0 Å². The van der Waals surface area contributed by atoms with E-state index in [0.717, 1.165) is 18.0 Å². The predicted molar refractivity (Wildman–Crippen MR) is 69.2 cm³/mol. The predicted octanol–water partition coefficient (Wildman–Crippen LogP) is 1.76. The van der Waals surface area contributed by atoms with Crippen molar-refractivity contribution in [1.29, 1.82) is 0 Å². The van der Waals surface area contributed by atoms with Gasteiger partial charge in [-0.15, -0.1) is 0 Å². The molecule has 1 saturated carbocycles. The molecular formula is C13H24N4. The van der Waals surface area contributed by atoms with E-state index in [1.165, 1.54) is 38.5 Å². The fourth-order valence-corrected chi connectivity index (χ4v) is 2.86. The van der Waals surface area contributed by atoms with E-state index in [0.29, 0.717) is 6.04 Å². The van der Waals surface area contributed by atoms with Crippen LogP contribution in [0.3, 0.4) is 0 Å². The van der Waals surface area contributed by atoms with Gasteiger partial charge < -0.3 is 0 Å². The summed E-state index contributed by atoms with van der Waals surface area (Å²) in [7, 11) is 1.95. The minimum Gasteiger partial charge on any atom is -0.276 e. The van der Waals surface area contributed by atoms with Gasteiger partial charge in [0.15, 0.2) is 0 Å². The summed E-state index contributed by atoms with van der Waals surface area (Å²) < 4.78 is 1.85. The molecule has 0 aliphatic heterocycles. The maximum atomic E-state index is 5.66. The summed E-state index contributed by atoms with van der Waals surface area (Å²) in [5.74, 6) is 6.52. The summed E-state index contributed by atoms with van der Waals surface area (Å²) in [6.07, 6.45) is 11.1. The van der Waals surface area contributed by atoms with Crippen molar-refractivity contribution in [2.75, 3.05) is 0 Å². The van der Waals surface area contributed by atoms with Gasteiger partial charge in [-0.3, -0.25) is 16.0 Å². The highest BCUT2D eigenvalue weighted by atomic mass is 15.3. The van der Waals surface area contributed by atoms with E-state index in [4.69, 9.17) is 5.84 Å². The van der Waals surface area contributed by atoms with E-state index >= 15 is 0 Å². The molecule has 0 amide bonds. The molecule has 4 nitrogen and oxygen atoms in total. The van der Waals surface area contributed by atoms with Crippen LogP contribution in [0.5, 0.6) is 0 Å². The minimum absolute atomic E-state index is 0.369. The molecule has 1 aliphatic rings. The zero-order chi connectivity index (χ0) is 12.1. The molecule has 4 heteroatoms. The maximum Gasteiger partial charge on any atom is 0.0640 e. The molecule has 1 atom stereocenters. The zero-order valence-electron chi connectivity index (χ0n) is 10.7. The number of aryl methyl sites for hydroxylation is 1. The summed E-state index contributed by atoms with van der Waals surface area (Å²) in [5, 5.41) is 4.41. The van der Waals surface area contributed by atoms with Crippen molar-refractivity contribution in [3.05, 3.63) is 18.0 Å². The van der Waals surface area contributed by atoms with Crippen LogP contribution in [0.4, 0.5) is 0 Å². The second kappa shape index (κ2) is 6.17. The Morgan fingerprint density at radius 2 is 2.24 bits per heavy atom. The Labute approximate surface area is 104 Å². The molecule has 1 aromatic heterocycles. The van der Waals surface area contributed by atoms with Crippen molar-refractivity contribution < 1.29 is 0 Å². The molecule has 0 saturated heterocycles. The van der Waals surface area contributed by atoms with Gasteiger partial charge in [-0.05, 0) is 18.4 Å². The Bertz CT molecular complexity index is 328. The summed E-state index contributed by atoms with van der Waals surface area (Å²) in [6, 6.07) is 2.44. The standard InChI is InChI=1S/C13H24N4/c1-17-8-7-12(16-17)10-13(15-14)9-11-5-3-2-4-6-11/h7-8,11,13,15H,2-6,9-10,14H2,1H3. The van der Waals surface area contributed by atoms with Crippen LogP contribution >= 0.6 is 0 Å². The molecule has 17 heavy (non-hydrogen) atoms.